The van der Waals surface area contributed by atoms with E-state index in [2.05, 4.69) is 32.7 Å². The van der Waals surface area contributed by atoms with Gasteiger partial charge in [-0.2, -0.15) is 0 Å². The van der Waals surface area contributed by atoms with Crippen molar-refractivity contribution >= 4 is 5.78 Å². The lowest BCUT2D eigenvalue weighted by Gasteiger charge is -2.22. The predicted octanol–water partition coefficient (Wildman–Crippen LogP) is 3.87. The summed E-state index contributed by atoms with van der Waals surface area (Å²) in [7, 11) is 0. The van der Waals surface area contributed by atoms with E-state index in [0.717, 1.165) is 12.6 Å². The van der Waals surface area contributed by atoms with Gasteiger partial charge in [-0.1, -0.05) is 27.7 Å². The number of Topliss-reactive ketones (excluding diaryl/α,β-unsaturated/α-hetero) is 1. The molecule has 17 heavy (non-hydrogen) atoms. The molecule has 1 rings (SSSR count). The number of carbonyl (C=O) groups excluding carboxylic acids is 1. The van der Waals surface area contributed by atoms with Crippen LogP contribution in [0.15, 0.2) is 18.5 Å². The van der Waals surface area contributed by atoms with Crippen LogP contribution in [-0.4, -0.2) is 10.8 Å². The van der Waals surface area contributed by atoms with E-state index in [0.29, 0.717) is 17.9 Å². The van der Waals surface area contributed by atoms with Gasteiger partial charge in [-0.15, -0.1) is 0 Å². The van der Waals surface area contributed by atoms with Gasteiger partial charge in [0.1, 0.15) is 5.82 Å². The largest absolute Gasteiger partial charge is 0.294 e. The van der Waals surface area contributed by atoms with Crippen molar-refractivity contribution < 1.29 is 9.18 Å². The molecule has 0 saturated carbocycles. The molecule has 0 aromatic carbocycles. The summed E-state index contributed by atoms with van der Waals surface area (Å²) in [6.07, 6.45) is 3.95. The summed E-state index contributed by atoms with van der Waals surface area (Å²) in [6.45, 7) is 8.50. The summed E-state index contributed by atoms with van der Waals surface area (Å²) in [4.78, 5) is 15.6. The topological polar surface area (TPSA) is 30.0 Å². The quantitative estimate of drug-likeness (QED) is 0.744. The van der Waals surface area contributed by atoms with Crippen molar-refractivity contribution in [2.75, 3.05) is 0 Å². The summed E-state index contributed by atoms with van der Waals surface area (Å²) in [5.74, 6) is -0.196. The first-order valence-electron chi connectivity index (χ1n) is 5.92. The van der Waals surface area contributed by atoms with Crippen LogP contribution in [0.3, 0.4) is 0 Å². The Morgan fingerprint density at radius 3 is 2.59 bits per heavy atom. The second kappa shape index (κ2) is 5.39. The molecule has 0 saturated heterocycles. The lowest BCUT2D eigenvalue weighted by Crippen LogP contribution is -2.14. The molecule has 0 amide bonds. The van der Waals surface area contributed by atoms with E-state index in [-0.39, 0.29) is 11.2 Å². The molecule has 0 aliphatic rings. The average molecular weight is 237 g/mol. The van der Waals surface area contributed by atoms with E-state index >= 15 is 0 Å². The van der Waals surface area contributed by atoms with Gasteiger partial charge in [0.25, 0.3) is 0 Å². The van der Waals surface area contributed by atoms with E-state index in [1.54, 1.807) is 0 Å². The number of ketones is 1. The monoisotopic (exact) mass is 237 g/mol. The fourth-order valence-corrected chi connectivity index (χ4v) is 2.12. The third-order valence-corrected chi connectivity index (χ3v) is 2.52. The maximum atomic E-state index is 12.9. The number of aromatic nitrogens is 1. The highest BCUT2D eigenvalue weighted by Crippen LogP contribution is 2.26. The number of pyridine rings is 1. The van der Waals surface area contributed by atoms with Crippen LogP contribution in [0, 0.1) is 17.2 Å². The summed E-state index contributed by atoms with van der Waals surface area (Å²) >= 11 is 0. The van der Waals surface area contributed by atoms with Gasteiger partial charge >= 0.3 is 0 Å². The van der Waals surface area contributed by atoms with Gasteiger partial charge in [-0.3, -0.25) is 9.78 Å². The lowest BCUT2D eigenvalue weighted by atomic mass is 9.83. The Hall–Kier alpha value is -1.25. The third kappa shape index (κ3) is 5.07. The van der Waals surface area contributed by atoms with Crippen LogP contribution in [0.4, 0.5) is 4.39 Å². The number of hydrogen-bond acceptors (Lipinski definition) is 2. The highest BCUT2D eigenvalue weighted by atomic mass is 19.1. The Balaban J connectivity index is 2.61. The first-order chi connectivity index (χ1) is 7.78. The molecule has 3 heteroatoms. The number of nitrogens with zero attached hydrogens (tertiary/aromatic N) is 1. The van der Waals surface area contributed by atoms with Gasteiger partial charge in [-0.25, -0.2) is 4.39 Å². The molecule has 1 aromatic heterocycles. The maximum Gasteiger partial charge on any atom is 0.164 e. The minimum Gasteiger partial charge on any atom is -0.294 e. The molecule has 94 valence electrons. The zero-order valence-electron chi connectivity index (χ0n) is 11.0. The van der Waals surface area contributed by atoms with Gasteiger partial charge in [0, 0.05) is 18.2 Å². The summed E-state index contributed by atoms with van der Waals surface area (Å²) in [5, 5.41) is 0. The van der Waals surface area contributed by atoms with Crippen LogP contribution in [0.2, 0.25) is 0 Å². The van der Waals surface area contributed by atoms with E-state index < -0.39 is 5.82 Å². The smallest absolute Gasteiger partial charge is 0.164 e. The summed E-state index contributed by atoms with van der Waals surface area (Å²) in [6, 6.07) is 1.25. The van der Waals surface area contributed by atoms with Crippen LogP contribution in [0.1, 0.15) is 50.9 Å². The zero-order chi connectivity index (χ0) is 13.1. The van der Waals surface area contributed by atoms with E-state index in [9.17, 15) is 9.18 Å². The molecule has 1 aromatic rings. The molecule has 1 atom stereocenters. The molecule has 1 unspecified atom stereocenters. The van der Waals surface area contributed by atoms with Crippen molar-refractivity contribution in [3.05, 3.63) is 29.8 Å². The summed E-state index contributed by atoms with van der Waals surface area (Å²) in [5.41, 5.74) is 0.575. The Labute approximate surface area is 102 Å². The SMILES string of the molecule is CC(CC(=O)c1cncc(F)c1)CC(C)(C)C. The minimum absolute atomic E-state index is 0.0336. The lowest BCUT2D eigenvalue weighted by molar-refractivity contribution is 0.0953. The number of halogens is 1. The van der Waals surface area contributed by atoms with Crippen molar-refractivity contribution in [3.63, 3.8) is 0 Å². The van der Waals surface area contributed by atoms with Crippen LogP contribution in [-0.2, 0) is 0 Å². The van der Waals surface area contributed by atoms with Crippen LogP contribution in [0.5, 0.6) is 0 Å². The highest BCUT2D eigenvalue weighted by Gasteiger charge is 2.18. The van der Waals surface area contributed by atoms with Gasteiger partial charge < -0.3 is 0 Å². The molecule has 2 nitrogen and oxygen atoms in total. The predicted molar refractivity (Wildman–Crippen MR) is 66.4 cm³/mol. The molecule has 0 fully saturated rings. The molecule has 0 spiro atoms. The Bertz CT molecular complexity index is 395. The van der Waals surface area contributed by atoms with Crippen LogP contribution >= 0.6 is 0 Å². The van der Waals surface area contributed by atoms with E-state index in [1.165, 1.54) is 12.3 Å². The first-order valence-corrected chi connectivity index (χ1v) is 5.92. The first kappa shape index (κ1) is 13.8. The summed E-state index contributed by atoms with van der Waals surface area (Å²) < 4.78 is 12.9. The Morgan fingerprint density at radius 2 is 2.06 bits per heavy atom. The molecule has 0 N–H and O–H groups in total. The van der Waals surface area contributed by atoms with Crippen molar-refractivity contribution in [2.24, 2.45) is 11.3 Å². The molecular formula is C14H20FNO. The third-order valence-electron chi connectivity index (χ3n) is 2.52. The van der Waals surface area contributed by atoms with Crippen molar-refractivity contribution in [1.82, 2.24) is 4.98 Å². The van der Waals surface area contributed by atoms with Crippen molar-refractivity contribution in [3.8, 4) is 0 Å². The zero-order valence-corrected chi connectivity index (χ0v) is 11.0. The molecule has 0 aliphatic heterocycles. The van der Waals surface area contributed by atoms with Gasteiger partial charge in [-0.05, 0) is 23.8 Å². The second-order valence-corrected chi connectivity index (χ2v) is 5.89. The van der Waals surface area contributed by atoms with Gasteiger partial charge in [0.15, 0.2) is 5.78 Å². The molecule has 1 heterocycles. The van der Waals surface area contributed by atoms with Crippen LogP contribution < -0.4 is 0 Å². The van der Waals surface area contributed by atoms with Gasteiger partial charge in [0.2, 0.25) is 0 Å². The molecule has 0 aliphatic carbocycles. The molecular weight excluding hydrogens is 217 g/mol. The maximum absolute atomic E-state index is 12.9. The molecule has 0 radical (unpaired) electrons. The highest BCUT2D eigenvalue weighted by molar-refractivity contribution is 5.95. The number of carbonyl (C=O) groups is 1. The normalized spacial score (nSPS) is 13.5. The minimum atomic E-state index is -0.459. The average Bonchev–Trinajstić information content (AvgIpc) is 2.14. The number of hydrogen-bond donors (Lipinski definition) is 0. The second-order valence-electron chi connectivity index (χ2n) is 5.89. The standard InChI is InChI=1S/C14H20FNO/c1-10(7-14(2,3)4)5-13(17)11-6-12(15)9-16-8-11/h6,8-10H,5,7H2,1-4H3. The Morgan fingerprint density at radius 1 is 1.41 bits per heavy atom. The Kier molecular flexibility index (Phi) is 4.38. The molecule has 0 bridgehead atoms. The van der Waals surface area contributed by atoms with Crippen molar-refractivity contribution in [1.29, 1.82) is 0 Å². The van der Waals surface area contributed by atoms with E-state index in [4.69, 9.17) is 0 Å². The van der Waals surface area contributed by atoms with E-state index in [1.807, 2.05) is 0 Å². The van der Waals surface area contributed by atoms with Crippen LogP contribution in [0.25, 0.3) is 0 Å². The fourth-order valence-electron chi connectivity index (χ4n) is 2.12. The van der Waals surface area contributed by atoms with Gasteiger partial charge in [0.05, 0.1) is 6.20 Å². The van der Waals surface area contributed by atoms with Crippen molar-refractivity contribution in [2.45, 2.75) is 40.5 Å². The fraction of sp³-hybridized carbons (Fsp3) is 0.571. The number of rotatable bonds is 4.